The van der Waals surface area contributed by atoms with Gasteiger partial charge in [-0.15, -0.1) is 0 Å². The topological polar surface area (TPSA) is 65.0 Å². The second-order valence-electron chi connectivity index (χ2n) is 10.2. The molecule has 1 unspecified atom stereocenters. The van der Waals surface area contributed by atoms with Crippen molar-refractivity contribution in [2.75, 3.05) is 13.7 Å². The number of carbonyl (C=O) groups is 1. The molecule has 1 N–H and O–H groups in total. The number of fused-ring (bicyclic) bond motifs is 1. The first-order valence-electron chi connectivity index (χ1n) is 11.3. The van der Waals surface area contributed by atoms with Crippen molar-refractivity contribution in [2.45, 2.75) is 96.2 Å². The van der Waals surface area contributed by atoms with Crippen molar-refractivity contribution < 1.29 is 23.8 Å². The standard InChI is InChI=1S/C23H42O5Si/c1-23(2,3)29(5,6)27-14-12-10-8-7-9-11-13-17-18-16-21(24)28-20(18)15-19(17)22(25)26-4/h11,13,17-21,24H,7-10,12,14-16H2,1-6H3/t17-,18+,19-,20+,21?/m0/s1. The molecule has 1 heterocycles. The average Bonchev–Trinajstić information content (AvgIpc) is 3.15. The van der Waals surface area contributed by atoms with Crippen molar-refractivity contribution >= 4 is 14.3 Å². The van der Waals surface area contributed by atoms with Gasteiger partial charge in [-0.05, 0) is 55.7 Å². The summed E-state index contributed by atoms with van der Waals surface area (Å²) in [5.74, 6) is 0.0283. The largest absolute Gasteiger partial charge is 0.469 e. The monoisotopic (exact) mass is 426 g/mol. The first kappa shape index (κ1) is 24.6. The van der Waals surface area contributed by atoms with Crippen molar-refractivity contribution in [1.29, 1.82) is 0 Å². The zero-order chi connectivity index (χ0) is 21.7. The number of aliphatic hydroxyl groups excluding tert-OH is 1. The molecule has 0 aromatic carbocycles. The number of carbonyl (C=O) groups excluding carboxylic acids is 1. The maximum absolute atomic E-state index is 12.1. The number of rotatable bonds is 10. The molecule has 0 aromatic rings. The normalized spacial score (nSPS) is 30.1. The molecule has 29 heavy (non-hydrogen) atoms. The van der Waals surface area contributed by atoms with E-state index in [1.54, 1.807) is 0 Å². The van der Waals surface area contributed by atoms with Crippen LogP contribution >= 0.6 is 0 Å². The smallest absolute Gasteiger partial charge is 0.309 e. The summed E-state index contributed by atoms with van der Waals surface area (Å²) in [4.78, 5) is 12.1. The van der Waals surface area contributed by atoms with E-state index in [0.29, 0.717) is 12.8 Å². The van der Waals surface area contributed by atoms with Crippen LogP contribution in [0.2, 0.25) is 18.1 Å². The van der Waals surface area contributed by atoms with E-state index >= 15 is 0 Å². The highest BCUT2D eigenvalue weighted by Gasteiger charge is 2.51. The van der Waals surface area contributed by atoms with E-state index in [2.05, 4.69) is 46.0 Å². The Bertz CT molecular complexity index is 554. The van der Waals surface area contributed by atoms with Crippen molar-refractivity contribution in [1.82, 2.24) is 0 Å². The van der Waals surface area contributed by atoms with Crippen molar-refractivity contribution in [3.8, 4) is 0 Å². The Morgan fingerprint density at radius 3 is 2.52 bits per heavy atom. The summed E-state index contributed by atoms with van der Waals surface area (Å²) < 4.78 is 16.8. The molecule has 1 aliphatic carbocycles. The second-order valence-corrected chi connectivity index (χ2v) is 15.0. The molecule has 0 amide bonds. The number of methoxy groups -OCH3 is 1. The Hall–Kier alpha value is -0.693. The van der Waals surface area contributed by atoms with Crippen LogP contribution < -0.4 is 0 Å². The Labute approximate surface area is 178 Å². The molecule has 0 spiro atoms. The molecular formula is C23H42O5Si. The van der Waals surface area contributed by atoms with Gasteiger partial charge in [0.25, 0.3) is 0 Å². The van der Waals surface area contributed by atoms with E-state index in [0.717, 1.165) is 25.9 Å². The van der Waals surface area contributed by atoms with E-state index in [4.69, 9.17) is 13.9 Å². The highest BCUT2D eigenvalue weighted by Crippen LogP contribution is 2.47. The van der Waals surface area contributed by atoms with Gasteiger partial charge in [0.1, 0.15) is 0 Å². The zero-order valence-corrected chi connectivity index (χ0v) is 20.3. The maximum Gasteiger partial charge on any atom is 0.309 e. The molecule has 2 rings (SSSR count). The molecule has 1 aliphatic heterocycles. The number of ether oxygens (including phenoxy) is 2. The molecule has 168 valence electrons. The molecule has 0 bridgehead atoms. The van der Waals surface area contributed by atoms with Crippen LogP contribution in [-0.4, -0.2) is 45.5 Å². The lowest BCUT2D eigenvalue weighted by Gasteiger charge is -2.36. The van der Waals surface area contributed by atoms with Crippen LogP contribution in [0.15, 0.2) is 12.2 Å². The lowest BCUT2D eigenvalue weighted by atomic mass is 9.87. The van der Waals surface area contributed by atoms with E-state index in [1.807, 2.05) is 0 Å². The third kappa shape index (κ3) is 6.64. The highest BCUT2D eigenvalue weighted by atomic mass is 28.4. The summed E-state index contributed by atoms with van der Waals surface area (Å²) in [5.41, 5.74) is 0. The molecule has 0 radical (unpaired) electrons. The van der Waals surface area contributed by atoms with Gasteiger partial charge in [-0.3, -0.25) is 4.79 Å². The Morgan fingerprint density at radius 1 is 1.17 bits per heavy atom. The number of unbranched alkanes of at least 4 members (excludes halogenated alkanes) is 4. The van der Waals surface area contributed by atoms with Gasteiger partial charge in [0.2, 0.25) is 0 Å². The first-order chi connectivity index (χ1) is 13.6. The third-order valence-electron chi connectivity index (χ3n) is 7.12. The van der Waals surface area contributed by atoms with Crippen LogP contribution in [0.25, 0.3) is 0 Å². The van der Waals surface area contributed by atoms with Crippen LogP contribution in [-0.2, 0) is 18.7 Å². The Balaban J connectivity index is 1.67. The van der Waals surface area contributed by atoms with E-state index < -0.39 is 14.6 Å². The van der Waals surface area contributed by atoms with Gasteiger partial charge in [0.05, 0.1) is 19.1 Å². The van der Waals surface area contributed by atoms with Gasteiger partial charge in [-0.2, -0.15) is 0 Å². The van der Waals surface area contributed by atoms with E-state index in [1.165, 1.54) is 20.0 Å². The summed E-state index contributed by atoms with van der Waals surface area (Å²) in [6.07, 6.45) is 10.6. The molecule has 0 aromatic heterocycles. The first-order valence-corrected chi connectivity index (χ1v) is 14.2. The summed E-state index contributed by atoms with van der Waals surface area (Å²) in [6.45, 7) is 12.3. The van der Waals surface area contributed by atoms with Crippen LogP contribution in [0.4, 0.5) is 0 Å². The predicted octanol–water partition coefficient (Wildman–Crippen LogP) is 5.05. The molecule has 2 aliphatic rings. The molecule has 1 saturated carbocycles. The summed E-state index contributed by atoms with van der Waals surface area (Å²) in [7, 11) is -0.167. The van der Waals surface area contributed by atoms with Gasteiger partial charge in [-0.1, -0.05) is 45.8 Å². The van der Waals surface area contributed by atoms with Crippen molar-refractivity contribution in [2.24, 2.45) is 17.8 Å². The van der Waals surface area contributed by atoms with Crippen LogP contribution in [0, 0.1) is 17.8 Å². The van der Waals surface area contributed by atoms with Crippen LogP contribution in [0.5, 0.6) is 0 Å². The van der Waals surface area contributed by atoms with Crippen molar-refractivity contribution in [3.05, 3.63) is 12.2 Å². The fourth-order valence-corrected chi connectivity index (χ4v) is 5.37. The lowest BCUT2D eigenvalue weighted by molar-refractivity contribution is -0.148. The van der Waals surface area contributed by atoms with E-state index in [-0.39, 0.29) is 34.9 Å². The van der Waals surface area contributed by atoms with Gasteiger partial charge in [0, 0.05) is 13.0 Å². The average molecular weight is 427 g/mol. The molecule has 5 atom stereocenters. The predicted molar refractivity (Wildman–Crippen MR) is 118 cm³/mol. The molecule has 6 heteroatoms. The van der Waals surface area contributed by atoms with Crippen LogP contribution in [0.3, 0.4) is 0 Å². The van der Waals surface area contributed by atoms with Crippen molar-refractivity contribution in [3.63, 3.8) is 0 Å². The summed E-state index contributed by atoms with van der Waals surface area (Å²) >= 11 is 0. The van der Waals surface area contributed by atoms with Crippen LogP contribution in [0.1, 0.15) is 65.7 Å². The van der Waals surface area contributed by atoms with Gasteiger partial charge >= 0.3 is 5.97 Å². The fourth-order valence-electron chi connectivity index (χ4n) is 4.28. The van der Waals surface area contributed by atoms with Gasteiger partial charge in [0.15, 0.2) is 14.6 Å². The number of hydrogen-bond acceptors (Lipinski definition) is 5. The quantitative estimate of drug-likeness (QED) is 0.229. The lowest BCUT2D eigenvalue weighted by Crippen LogP contribution is -2.40. The Morgan fingerprint density at radius 2 is 1.86 bits per heavy atom. The van der Waals surface area contributed by atoms with Gasteiger partial charge in [-0.25, -0.2) is 0 Å². The maximum atomic E-state index is 12.1. The summed E-state index contributed by atoms with van der Waals surface area (Å²) in [6, 6.07) is 0. The third-order valence-corrected chi connectivity index (χ3v) is 11.7. The minimum atomic E-state index is -1.61. The second kappa shape index (κ2) is 10.6. The van der Waals surface area contributed by atoms with Gasteiger partial charge < -0.3 is 19.0 Å². The zero-order valence-electron chi connectivity index (χ0n) is 19.3. The minimum Gasteiger partial charge on any atom is -0.469 e. The number of allylic oxidation sites excluding steroid dienone is 2. The summed E-state index contributed by atoms with van der Waals surface area (Å²) in [5, 5.41) is 10.0. The number of esters is 1. The molecule has 2 fully saturated rings. The minimum absolute atomic E-state index is 0.0235. The number of aliphatic hydroxyl groups is 1. The Kier molecular flexibility index (Phi) is 8.95. The molecule has 5 nitrogen and oxygen atoms in total. The SMILES string of the molecule is COC(=O)[C@H]1C[C@H]2OC(O)C[C@@H]2[C@@H]1C=CCCCCCCO[Si](C)(C)C(C)(C)C. The fraction of sp³-hybridized carbons (Fsp3) is 0.870. The molecular weight excluding hydrogens is 384 g/mol. The molecule has 1 saturated heterocycles. The van der Waals surface area contributed by atoms with E-state index in [9.17, 15) is 9.90 Å². The number of hydrogen-bond donors (Lipinski definition) is 1. The highest BCUT2D eigenvalue weighted by molar-refractivity contribution is 6.74.